The molecule has 6 aromatic rings. The number of fused-ring (bicyclic) bond motifs is 6. The smallest absolute Gasteiger partial charge is 0.0616 e. The molecular weight excluding hydrogens is 383 g/mol. The van der Waals surface area contributed by atoms with Gasteiger partial charge in [-0.1, -0.05) is 89.5 Å². The molecule has 0 saturated heterocycles. The van der Waals surface area contributed by atoms with E-state index in [-0.39, 0.29) is 0 Å². The Kier molecular flexibility index (Phi) is 3.91. The number of benzene rings is 6. The maximum atomic E-state index is 13.9. The Balaban J connectivity index is 1.62. The van der Waals surface area contributed by atoms with E-state index in [1.807, 2.05) is 24.3 Å². The summed E-state index contributed by atoms with van der Waals surface area (Å²) in [6, 6.07) is 37.5. The van der Waals surface area contributed by atoms with E-state index in [4.69, 9.17) is 0 Å². The lowest BCUT2D eigenvalue weighted by Gasteiger charge is -2.06. The third-order valence-corrected chi connectivity index (χ3v) is 7.62. The second-order valence-electron chi connectivity index (χ2n) is 7.61. The van der Waals surface area contributed by atoms with Crippen molar-refractivity contribution in [1.29, 1.82) is 0 Å². The van der Waals surface area contributed by atoms with Gasteiger partial charge in [0.05, 0.1) is 0 Å². The van der Waals surface area contributed by atoms with Gasteiger partial charge < -0.3 is 0 Å². The van der Waals surface area contributed by atoms with Crippen molar-refractivity contribution in [3.8, 4) is 0 Å². The summed E-state index contributed by atoms with van der Waals surface area (Å²) in [5.74, 6) is 0. The van der Waals surface area contributed by atoms with Gasteiger partial charge in [0.2, 0.25) is 10.6 Å². The van der Waals surface area contributed by atoms with E-state index in [9.17, 15) is 4.57 Å². The van der Waals surface area contributed by atoms with Gasteiger partial charge in [-0.3, -0.25) is 0 Å². The van der Waals surface area contributed by atoms with Crippen LogP contribution in [0, 0.1) is 0 Å². The molecule has 0 aromatic heterocycles. The first-order valence-corrected chi connectivity index (χ1v) is 11.4. The van der Waals surface area contributed by atoms with Crippen molar-refractivity contribution in [2.24, 2.45) is 0 Å². The Morgan fingerprint density at radius 2 is 0.800 bits per heavy atom. The van der Waals surface area contributed by atoms with Gasteiger partial charge in [0.25, 0.3) is 0 Å². The minimum atomic E-state index is -1.73. The van der Waals surface area contributed by atoms with E-state index in [1.165, 1.54) is 21.5 Å². The van der Waals surface area contributed by atoms with Crippen LogP contribution in [0.25, 0.3) is 43.1 Å². The van der Waals surface area contributed by atoms with Crippen LogP contribution in [0.2, 0.25) is 0 Å². The van der Waals surface area contributed by atoms with Crippen LogP contribution < -0.4 is 10.6 Å². The second-order valence-corrected chi connectivity index (χ2v) is 9.16. The first-order valence-electron chi connectivity index (χ1n) is 10.1. The average Bonchev–Trinajstić information content (AvgIpc) is 2.82. The van der Waals surface area contributed by atoms with Gasteiger partial charge in [0, 0.05) is 10.8 Å². The maximum Gasteiger partial charge on any atom is 0.416 e. The second kappa shape index (κ2) is 6.76. The molecular formula is C28H18OP+. The van der Waals surface area contributed by atoms with Crippen LogP contribution in [-0.2, 0) is 4.57 Å². The summed E-state index contributed by atoms with van der Waals surface area (Å²) in [4.78, 5) is 0. The van der Waals surface area contributed by atoms with Gasteiger partial charge in [-0.2, -0.15) is 0 Å². The van der Waals surface area contributed by atoms with E-state index in [0.717, 1.165) is 32.2 Å². The Morgan fingerprint density at radius 1 is 0.367 bits per heavy atom. The topological polar surface area (TPSA) is 17.1 Å². The number of rotatable bonds is 2. The van der Waals surface area contributed by atoms with Crippen LogP contribution in [0.15, 0.2) is 109 Å². The molecule has 0 aliphatic heterocycles. The summed E-state index contributed by atoms with van der Waals surface area (Å²) < 4.78 is 13.9. The first-order chi connectivity index (χ1) is 14.8. The van der Waals surface area contributed by atoms with Gasteiger partial charge in [-0.25, -0.2) is 0 Å². The van der Waals surface area contributed by atoms with E-state index < -0.39 is 7.80 Å². The van der Waals surface area contributed by atoms with Crippen molar-refractivity contribution in [2.45, 2.75) is 0 Å². The molecule has 0 fully saturated rings. The van der Waals surface area contributed by atoms with Crippen LogP contribution in [0.3, 0.4) is 0 Å². The largest absolute Gasteiger partial charge is 0.416 e. The maximum absolute atomic E-state index is 13.9. The molecule has 0 atom stereocenters. The molecule has 0 unspecified atom stereocenters. The molecule has 0 aliphatic rings. The number of hydrogen-bond acceptors (Lipinski definition) is 1. The third kappa shape index (κ3) is 2.56. The zero-order valence-electron chi connectivity index (χ0n) is 16.2. The fourth-order valence-electron chi connectivity index (χ4n) is 4.53. The van der Waals surface area contributed by atoms with Gasteiger partial charge in [-0.15, -0.1) is 0 Å². The molecule has 0 radical (unpaired) electrons. The Hall–Kier alpha value is -3.54. The SMILES string of the molecule is O=[P+](c1cccc2c1ccc1ccccc12)c1cccc2c1ccc1ccccc12. The van der Waals surface area contributed by atoms with Crippen molar-refractivity contribution in [2.75, 3.05) is 0 Å². The van der Waals surface area contributed by atoms with Crippen LogP contribution in [0.5, 0.6) is 0 Å². The van der Waals surface area contributed by atoms with Gasteiger partial charge in [0.1, 0.15) is 0 Å². The highest BCUT2D eigenvalue weighted by Crippen LogP contribution is 2.33. The molecule has 0 heterocycles. The van der Waals surface area contributed by atoms with Crippen LogP contribution in [-0.4, -0.2) is 0 Å². The minimum absolute atomic E-state index is 0.897. The quantitative estimate of drug-likeness (QED) is 0.224. The van der Waals surface area contributed by atoms with Crippen LogP contribution in [0.4, 0.5) is 0 Å². The molecule has 140 valence electrons. The normalized spacial score (nSPS) is 11.5. The Labute approximate surface area is 175 Å². The lowest BCUT2D eigenvalue weighted by atomic mass is 10.0. The standard InChI is InChI=1S/C28H18OP/c29-30(27-13-5-11-23-21-9-3-1-7-19(21)15-17-25(23)27)28-14-6-12-24-22-10-4-2-8-20(22)16-18-26(24)28/h1-18H/q+1. The summed E-state index contributed by atoms with van der Waals surface area (Å²) in [6.07, 6.45) is 0. The van der Waals surface area contributed by atoms with Crippen molar-refractivity contribution < 1.29 is 4.57 Å². The summed E-state index contributed by atoms with van der Waals surface area (Å²) in [6.45, 7) is 0. The molecule has 0 amide bonds. The fraction of sp³-hybridized carbons (Fsp3) is 0. The molecule has 0 spiro atoms. The van der Waals surface area contributed by atoms with E-state index in [0.29, 0.717) is 0 Å². The predicted octanol–water partition coefficient (Wildman–Crippen LogP) is 7.08. The van der Waals surface area contributed by atoms with Crippen LogP contribution in [0.1, 0.15) is 0 Å². The molecule has 0 aliphatic carbocycles. The molecule has 0 N–H and O–H groups in total. The molecule has 6 rings (SSSR count). The van der Waals surface area contributed by atoms with Crippen molar-refractivity contribution in [3.05, 3.63) is 109 Å². The van der Waals surface area contributed by atoms with E-state index in [2.05, 4.69) is 84.9 Å². The highest BCUT2D eigenvalue weighted by atomic mass is 31.1. The first kappa shape index (κ1) is 17.3. The van der Waals surface area contributed by atoms with Crippen molar-refractivity contribution >= 4 is 61.5 Å². The molecule has 30 heavy (non-hydrogen) atoms. The molecule has 2 heteroatoms. The monoisotopic (exact) mass is 401 g/mol. The fourth-order valence-corrected chi connectivity index (χ4v) is 6.06. The summed E-state index contributed by atoms with van der Waals surface area (Å²) in [7, 11) is -1.73. The zero-order valence-corrected chi connectivity index (χ0v) is 17.1. The minimum Gasteiger partial charge on any atom is -0.0616 e. The molecule has 0 bridgehead atoms. The summed E-state index contributed by atoms with van der Waals surface area (Å²) >= 11 is 0. The molecule has 1 nitrogen and oxygen atoms in total. The third-order valence-electron chi connectivity index (χ3n) is 5.96. The average molecular weight is 401 g/mol. The Morgan fingerprint density at radius 3 is 1.30 bits per heavy atom. The van der Waals surface area contributed by atoms with Crippen molar-refractivity contribution in [1.82, 2.24) is 0 Å². The summed E-state index contributed by atoms with van der Waals surface area (Å²) in [5.41, 5.74) is 0. The lowest BCUT2D eigenvalue weighted by Crippen LogP contribution is -2.09. The highest BCUT2D eigenvalue weighted by Gasteiger charge is 2.28. The van der Waals surface area contributed by atoms with E-state index in [1.54, 1.807) is 0 Å². The summed E-state index contributed by atoms with van der Waals surface area (Å²) in [5, 5.41) is 11.0. The van der Waals surface area contributed by atoms with Gasteiger partial charge in [-0.05, 0) is 56.6 Å². The van der Waals surface area contributed by atoms with Crippen LogP contribution >= 0.6 is 7.80 Å². The Bertz CT molecular complexity index is 1490. The molecule has 0 saturated carbocycles. The van der Waals surface area contributed by atoms with Gasteiger partial charge >= 0.3 is 7.80 Å². The highest BCUT2D eigenvalue weighted by molar-refractivity contribution is 7.62. The van der Waals surface area contributed by atoms with Gasteiger partial charge in [0.15, 0.2) is 0 Å². The lowest BCUT2D eigenvalue weighted by molar-refractivity contribution is 0.598. The molecule has 6 aromatic carbocycles. The van der Waals surface area contributed by atoms with Crippen molar-refractivity contribution in [3.63, 3.8) is 0 Å². The number of hydrogen-bond donors (Lipinski definition) is 0. The zero-order chi connectivity index (χ0) is 20.1. The predicted molar refractivity (Wildman–Crippen MR) is 130 cm³/mol. The van der Waals surface area contributed by atoms with E-state index >= 15 is 0 Å².